The first-order valence-corrected chi connectivity index (χ1v) is 4.28. The van der Waals surface area contributed by atoms with Gasteiger partial charge in [-0.1, -0.05) is 12.8 Å². The van der Waals surface area contributed by atoms with Crippen molar-refractivity contribution in [2.24, 2.45) is 0 Å². The summed E-state index contributed by atoms with van der Waals surface area (Å²) in [5, 5.41) is 0. The van der Waals surface area contributed by atoms with Crippen LogP contribution < -0.4 is 0 Å². The van der Waals surface area contributed by atoms with E-state index in [1.807, 2.05) is 0 Å². The Bertz CT molecular complexity index is 151. The highest BCUT2D eigenvalue weighted by Gasteiger charge is 2.36. The predicted octanol–water partition coefficient (Wildman–Crippen LogP) is 2.97. The molecule has 0 aromatic carbocycles. The van der Waals surface area contributed by atoms with E-state index in [0.29, 0.717) is 0 Å². The Morgan fingerprint density at radius 2 is 1.73 bits per heavy atom. The van der Waals surface area contributed by atoms with Crippen LogP contribution in [0.5, 0.6) is 0 Å². The summed E-state index contributed by atoms with van der Waals surface area (Å²) < 4.78 is 12.5. The van der Waals surface area contributed by atoms with Crippen LogP contribution in [0.1, 0.15) is 38.5 Å². The largest absolute Gasteiger partial charge is 0.308 e. The Morgan fingerprint density at radius 3 is 2.09 bits per heavy atom. The first-order chi connectivity index (χ1) is 5.33. The molecule has 1 nitrogen and oxygen atoms in total. The van der Waals surface area contributed by atoms with E-state index in [4.69, 9.17) is 6.57 Å². The molecule has 1 saturated carbocycles. The van der Waals surface area contributed by atoms with Gasteiger partial charge < -0.3 is 4.85 Å². The first-order valence-electron chi connectivity index (χ1n) is 4.28. The summed E-state index contributed by atoms with van der Waals surface area (Å²) in [7, 11) is 0. The second kappa shape index (κ2) is 3.71. The van der Waals surface area contributed by atoms with Crippen LogP contribution in [0.25, 0.3) is 4.85 Å². The van der Waals surface area contributed by atoms with Crippen LogP contribution in [-0.4, -0.2) is 12.2 Å². The normalized spacial score (nSPS) is 23.6. The molecule has 0 aromatic heterocycles. The quantitative estimate of drug-likeness (QED) is 0.405. The Balaban J connectivity index is 2.58. The fraction of sp³-hybridized carbons (Fsp3) is 0.889. The Kier molecular flexibility index (Phi) is 2.87. The topological polar surface area (TPSA) is 4.36 Å². The maximum absolute atomic E-state index is 12.5. The van der Waals surface area contributed by atoms with Crippen LogP contribution in [0.4, 0.5) is 4.39 Å². The van der Waals surface area contributed by atoms with Crippen molar-refractivity contribution in [3.63, 3.8) is 0 Å². The molecular formula is C9H14FN. The zero-order valence-electron chi connectivity index (χ0n) is 6.77. The molecule has 62 valence electrons. The van der Waals surface area contributed by atoms with Crippen molar-refractivity contribution in [3.05, 3.63) is 11.4 Å². The van der Waals surface area contributed by atoms with E-state index in [2.05, 4.69) is 4.85 Å². The van der Waals surface area contributed by atoms with Gasteiger partial charge in [0.1, 0.15) is 0 Å². The highest BCUT2D eigenvalue weighted by molar-refractivity contribution is 4.98. The molecule has 0 radical (unpaired) electrons. The second-order valence-corrected chi connectivity index (χ2v) is 3.38. The zero-order valence-corrected chi connectivity index (χ0v) is 6.77. The molecular weight excluding hydrogens is 141 g/mol. The molecule has 0 spiro atoms. The van der Waals surface area contributed by atoms with Gasteiger partial charge in [0.05, 0.1) is 0 Å². The second-order valence-electron chi connectivity index (χ2n) is 3.38. The van der Waals surface area contributed by atoms with Gasteiger partial charge in [0.2, 0.25) is 0 Å². The summed E-state index contributed by atoms with van der Waals surface area (Å²) >= 11 is 0. The fourth-order valence-electron chi connectivity index (χ4n) is 1.66. The minimum atomic E-state index is -0.628. The molecule has 1 aliphatic carbocycles. The minimum Gasteiger partial charge on any atom is -0.308 e. The van der Waals surface area contributed by atoms with Crippen molar-refractivity contribution in [1.82, 2.24) is 0 Å². The van der Waals surface area contributed by atoms with Crippen molar-refractivity contribution in [2.45, 2.75) is 44.1 Å². The third kappa shape index (κ3) is 1.92. The molecule has 0 aliphatic heterocycles. The third-order valence-electron chi connectivity index (χ3n) is 2.52. The third-order valence-corrected chi connectivity index (χ3v) is 2.52. The van der Waals surface area contributed by atoms with Crippen LogP contribution in [0.2, 0.25) is 0 Å². The van der Waals surface area contributed by atoms with E-state index in [1.165, 1.54) is 12.8 Å². The van der Waals surface area contributed by atoms with Gasteiger partial charge in [-0.25, -0.2) is 11.0 Å². The number of nitrogens with zero attached hydrogens (tertiary/aromatic N) is 1. The zero-order chi connectivity index (χ0) is 8.16. The van der Waals surface area contributed by atoms with E-state index in [1.54, 1.807) is 0 Å². The van der Waals surface area contributed by atoms with Crippen LogP contribution in [0.15, 0.2) is 0 Å². The highest BCUT2D eigenvalue weighted by Crippen LogP contribution is 2.30. The molecule has 0 amide bonds. The van der Waals surface area contributed by atoms with Gasteiger partial charge in [-0.2, -0.15) is 0 Å². The van der Waals surface area contributed by atoms with Crippen molar-refractivity contribution in [2.75, 3.05) is 6.67 Å². The van der Waals surface area contributed by atoms with Gasteiger partial charge >= 0.3 is 0 Å². The number of hydrogen-bond acceptors (Lipinski definition) is 0. The molecule has 0 unspecified atom stereocenters. The number of halogens is 1. The summed E-state index contributed by atoms with van der Waals surface area (Å²) in [6.45, 7) is 6.48. The van der Waals surface area contributed by atoms with Crippen LogP contribution >= 0.6 is 0 Å². The van der Waals surface area contributed by atoms with Crippen molar-refractivity contribution < 1.29 is 4.39 Å². The van der Waals surface area contributed by atoms with Crippen LogP contribution in [-0.2, 0) is 0 Å². The highest BCUT2D eigenvalue weighted by atomic mass is 19.1. The molecule has 2 heteroatoms. The predicted molar refractivity (Wildman–Crippen MR) is 43.0 cm³/mol. The van der Waals surface area contributed by atoms with Gasteiger partial charge in [-0.05, 0) is 12.8 Å². The molecule has 0 atom stereocenters. The monoisotopic (exact) mass is 155 g/mol. The molecule has 11 heavy (non-hydrogen) atoms. The van der Waals surface area contributed by atoms with Crippen molar-refractivity contribution >= 4 is 0 Å². The smallest absolute Gasteiger partial charge is 0.260 e. The molecule has 0 saturated heterocycles. The number of rotatable bonds is 1. The van der Waals surface area contributed by atoms with E-state index >= 15 is 0 Å². The maximum Gasteiger partial charge on any atom is 0.260 e. The number of hydrogen-bond donors (Lipinski definition) is 0. The SMILES string of the molecule is [C-]#[N+]C1(CF)CCCCCC1. The average molecular weight is 155 g/mol. The van der Waals surface area contributed by atoms with E-state index in [0.717, 1.165) is 25.7 Å². The summed E-state index contributed by atoms with van der Waals surface area (Å²) in [5.74, 6) is 0. The fourth-order valence-corrected chi connectivity index (χ4v) is 1.66. The molecule has 0 bridgehead atoms. The molecule has 1 fully saturated rings. The van der Waals surface area contributed by atoms with Crippen molar-refractivity contribution in [3.8, 4) is 0 Å². The van der Waals surface area contributed by atoms with Gasteiger partial charge in [-0.3, -0.25) is 0 Å². The van der Waals surface area contributed by atoms with E-state index in [9.17, 15) is 4.39 Å². The van der Waals surface area contributed by atoms with Crippen LogP contribution in [0, 0.1) is 6.57 Å². The first kappa shape index (κ1) is 8.52. The lowest BCUT2D eigenvalue weighted by Gasteiger charge is -2.14. The maximum atomic E-state index is 12.5. The Morgan fingerprint density at radius 1 is 1.18 bits per heavy atom. The summed E-state index contributed by atoms with van der Waals surface area (Å²) in [4.78, 5) is 3.43. The summed E-state index contributed by atoms with van der Waals surface area (Å²) in [5.41, 5.74) is -0.628. The van der Waals surface area contributed by atoms with E-state index < -0.39 is 12.2 Å². The summed E-state index contributed by atoms with van der Waals surface area (Å²) in [6.07, 6.45) is 5.97. The molecule has 0 heterocycles. The lowest BCUT2D eigenvalue weighted by molar-refractivity contribution is 0.320. The van der Waals surface area contributed by atoms with E-state index in [-0.39, 0.29) is 0 Å². The summed E-state index contributed by atoms with van der Waals surface area (Å²) in [6, 6.07) is 0. The van der Waals surface area contributed by atoms with Crippen LogP contribution in [0.3, 0.4) is 0 Å². The van der Waals surface area contributed by atoms with Gasteiger partial charge in [0.25, 0.3) is 5.54 Å². The molecule has 0 aromatic rings. The lowest BCUT2D eigenvalue weighted by atomic mass is 9.93. The number of alkyl halides is 1. The minimum absolute atomic E-state index is 0.448. The van der Waals surface area contributed by atoms with Gasteiger partial charge in [0, 0.05) is 12.8 Å². The molecule has 0 N–H and O–H groups in total. The van der Waals surface area contributed by atoms with Gasteiger partial charge in [0.15, 0.2) is 6.67 Å². The van der Waals surface area contributed by atoms with Gasteiger partial charge in [-0.15, -0.1) is 0 Å². The standard InChI is InChI=1S/C9H14FN/c1-11-9(8-10)6-4-2-3-5-7-9/h2-8H2. The van der Waals surface area contributed by atoms with Crippen molar-refractivity contribution in [1.29, 1.82) is 0 Å². The lowest BCUT2D eigenvalue weighted by Crippen LogP contribution is -2.25. The Labute approximate surface area is 67.4 Å². The Hall–Kier alpha value is -0.580. The average Bonchev–Trinajstić information content (AvgIpc) is 2.30. The molecule has 1 rings (SSSR count). The molecule has 1 aliphatic rings.